The van der Waals surface area contributed by atoms with Crippen LogP contribution in [0.4, 0.5) is 11.8 Å². The fourth-order valence-corrected chi connectivity index (χ4v) is 3.09. The number of nitrogens with zero attached hydrogens (tertiary/aromatic N) is 3. The number of fused-ring (bicyclic) bond motifs is 1. The van der Waals surface area contributed by atoms with Crippen molar-refractivity contribution in [3.63, 3.8) is 0 Å². The van der Waals surface area contributed by atoms with Crippen LogP contribution in [0.3, 0.4) is 0 Å². The van der Waals surface area contributed by atoms with Crippen LogP contribution in [0.5, 0.6) is 11.5 Å². The molecule has 0 fully saturated rings. The standard InChI is InChI=1S/C22H27N5O3/c1-5-6-7-12-23-21-20-17(26-22(27-21)24-14(2)28)10-9-16(25-20)15-8-11-18(29-3)19(13-15)30-4/h8-11,13H,5-7,12H2,1-4H3,(H2,23,24,26,27,28). The van der Waals surface area contributed by atoms with Crippen LogP contribution in [0.15, 0.2) is 30.3 Å². The Balaban J connectivity index is 2.03. The molecule has 8 nitrogen and oxygen atoms in total. The second-order valence-electron chi connectivity index (χ2n) is 6.84. The van der Waals surface area contributed by atoms with Crippen molar-refractivity contribution in [2.24, 2.45) is 0 Å². The summed E-state index contributed by atoms with van der Waals surface area (Å²) < 4.78 is 10.7. The summed E-state index contributed by atoms with van der Waals surface area (Å²) in [5.74, 6) is 1.92. The summed E-state index contributed by atoms with van der Waals surface area (Å²) in [4.78, 5) is 25.2. The third-order valence-corrected chi connectivity index (χ3v) is 4.58. The third kappa shape index (κ3) is 4.94. The van der Waals surface area contributed by atoms with Gasteiger partial charge in [0.25, 0.3) is 0 Å². The highest BCUT2D eigenvalue weighted by atomic mass is 16.5. The van der Waals surface area contributed by atoms with Gasteiger partial charge in [0, 0.05) is 19.0 Å². The first kappa shape index (κ1) is 21.3. The van der Waals surface area contributed by atoms with Gasteiger partial charge < -0.3 is 14.8 Å². The maximum Gasteiger partial charge on any atom is 0.232 e. The van der Waals surface area contributed by atoms with Gasteiger partial charge in [-0.3, -0.25) is 10.1 Å². The monoisotopic (exact) mass is 409 g/mol. The minimum Gasteiger partial charge on any atom is -0.493 e. The third-order valence-electron chi connectivity index (χ3n) is 4.58. The van der Waals surface area contributed by atoms with Gasteiger partial charge in [0.15, 0.2) is 17.3 Å². The summed E-state index contributed by atoms with van der Waals surface area (Å²) in [7, 11) is 3.21. The van der Waals surface area contributed by atoms with E-state index in [4.69, 9.17) is 14.5 Å². The number of methoxy groups -OCH3 is 2. The molecule has 0 atom stereocenters. The van der Waals surface area contributed by atoms with Gasteiger partial charge in [0.1, 0.15) is 5.52 Å². The van der Waals surface area contributed by atoms with Crippen LogP contribution in [0.1, 0.15) is 33.1 Å². The van der Waals surface area contributed by atoms with Gasteiger partial charge in [-0.2, -0.15) is 4.98 Å². The molecular formula is C22H27N5O3. The topological polar surface area (TPSA) is 98.3 Å². The lowest BCUT2D eigenvalue weighted by Gasteiger charge is -2.12. The minimum atomic E-state index is -0.221. The minimum absolute atomic E-state index is 0.221. The molecule has 0 saturated carbocycles. The summed E-state index contributed by atoms with van der Waals surface area (Å²) in [6.45, 7) is 4.36. The number of anilines is 2. The molecular weight excluding hydrogens is 382 g/mol. The molecule has 8 heteroatoms. The molecule has 0 aliphatic heterocycles. The Morgan fingerprint density at radius 1 is 1.00 bits per heavy atom. The zero-order chi connectivity index (χ0) is 21.5. The summed E-state index contributed by atoms with van der Waals surface area (Å²) in [6.07, 6.45) is 3.27. The zero-order valence-electron chi connectivity index (χ0n) is 17.8. The molecule has 1 amide bonds. The largest absolute Gasteiger partial charge is 0.493 e. The van der Waals surface area contributed by atoms with E-state index in [-0.39, 0.29) is 11.9 Å². The van der Waals surface area contributed by atoms with Gasteiger partial charge >= 0.3 is 0 Å². The highest BCUT2D eigenvalue weighted by molar-refractivity contribution is 5.92. The van der Waals surface area contributed by atoms with E-state index < -0.39 is 0 Å². The number of amides is 1. The van der Waals surface area contributed by atoms with Crippen molar-refractivity contribution in [3.05, 3.63) is 30.3 Å². The lowest BCUT2D eigenvalue weighted by atomic mass is 10.1. The first-order valence-corrected chi connectivity index (χ1v) is 9.98. The van der Waals surface area contributed by atoms with Crippen LogP contribution in [0.25, 0.3) is 22.3 Å². The van der Waals surface area contributed by atoms with Crippen LogP contribution in [0.2, 0.25) is 0 Å². The van der Waals surface area contributed by atoms with Gasteiger partial charge in [0.2, 0.25) is 11.9 Å². The molecule has 0 aliphatic carbocycles. The van der Waals surface area contributed by atoms with Crippen LogP contribution in [0, 0.1) is 0 Å². The Kier molecular flexibility index (Phi) is 7.00. The van der Waals surface area contributed by atoms with E-state index in [2.05, 4.69) is 27.5 Å². The normalized spacial score (nSPS) is 10.7. The van der Waals surface area contributed by atoms with E-state index in [0.29, 0.717) is 28.4 Å². The molecule has 3 rings (SSSR count). The molecule has 0 bridgehead atoms. The van der Waals surface area contributed by atoms with Crippen molar-refractivity contribution in [3.8, 4) is 22.8 Å². The molecule has 30 heavy (non-hydrogen) atoms. The summed E-state index contributed by atoms with van der Waals surface area (Å²) in [5.41, 5.74) is 2.94. The van der Waals surface area contributed by atoms with E-state index >= 15 is 0 Å². The number of ether oxygens (including phenoxy) is 2. The van der Waals surface area contributed by atoms with Crippen LogP contribution in [-0.4, -0.2) is 41.6 Å². The van der Waals surface area contributed by atoms with Crippen LogP contribution < -0.4 is 20.1 Å². The molecule has 0 saturated heterocycles. The predicted octanol–water partition coefficient (Wildman–Crippen LogP) is 4.27. The van der Waals surface area contributed by atoms with E-state index in [1.54, 1.807) is 14.2 Å². The van der Waals surface area contributed by atoms with Gasteiger partial charge in [-0.15, -0.1) is 0 Å². The van der Waals surface area contributed by atoms with Crippen LogP contribution >= 0.6 is 0 Å². The molecule has 1 aromatic carbocycles. The van der Waals surface area contributed by atoms with Crippen molar-refractivity contribution in [1.82, 2.24) is 15.0 Å². The number of carbonyl (C=O) groups is 1. The zero-order valence-corrected chi connectivity index (χ0v) is 17.8. The number of carbonyl (C=O) groups excluding carboxylic acids is 1. The second kappa shape index (κ2) is 9.87. The van der Waals surface area contributed by atoms with Crippen molar-refractivity contribution in [2.75, 3.05) is 31.4 Å². The number of hydrogen-bond acceptors (Lipinski definition) is 7. The highest BCUT2D eigenvalue weighted by Gasteiger charge is 2.13. The number of benzene rings is 1. The second-order valence-corrected chi connectivity index (χ2v) is 6.84. The Labute approximate surface area is 176 Å². The molecule has 0 unspecified atom stereocenters. The molecule has 2 heterocycles. The predicted molar refractivity (Wildman–Crippen MR) is 118 cm³/mol. The fourth-order valence-electron chi connectivity index (χ4n) is 3.09. The van der Waals surface area contributed by atoms with Crippen molar-refractivity contribution in [1.29, 1.82) is 0 Å². The van der Waals surface area contributed by atoms with Gasteiger partial charge in [-0.25, -0.2) is 9.97 Å². The van der Waals surface area contributed by atoms with E-state index in [9.17, 15) is 4.79 Å². The van der Waals surface area contributed by atoms with E-state index in [0.717, 1.165) is 37.1 Å². The maximum atomic E-state index is 11.5. The number of nitrogens with one attached hydrogen (secondary N) is 2. The average molecular weight is 409 g/mol. The van der Waals surface area contributed by atoms with Gasteiger partial charge in [-0.1, -0.05) is 19.8 Å². The Morgan fingerprint density at radius 3 is 2.50 bits per heavy atom. The summed E-state index contributed by atoms with van der Waals surface area (Å²) in [6, 6.07) is 9.41. The lowest BCUT2D eigenvalue weighted by Crippen LogP contribution is -2.12. The highest BCUT2D eigenvalue weighted by Crippen LogP contribution is 2.32. The molecule has 0 aliphatic rings. The van der Waals surface area contributed by atoms with E-state index in [1.165, 1.54) is 6.92 Å². The summed E-state index contributed by atoms with van der Waals surface area (Å²) in [5, 5.41) is 6.00. The Hall–Kier alpha value is -3.42. The quantitative estimate of drug-likeness (QED) is 0.509. The molecule has 158 valence electrons. The van der Waals surface area contributed by atoms with Crippen molar-refractivity contribution in [2.45, 2.75) is 33.1 Å². The van der Waals surface area contributed by atoms with Crippen molar-refractivity contribution >= 4 is 28.7 Å². The number of pyridine rings is 1. The lowest BCUT2D eigenvalue weighted by molar-refractivity contribution is -0.114. The molecule has 0 radical (unpaired) electrons. The maximum absolute atomic E-state index is 11.5. The fraction of sp³-hybridized carbons (Fsp3) is 0.364. The SMILES string of the molecule is CCCCCNc1nc(NC(C)=O)nc2ccc(-c3ccc(OC)c(OC)c3)nc12. The number of aromatic nitrogens is 3. The van der Waals surface area contributed by atoms with Gasteiger partial charge in [0.05, 0.1) is 25.4 Å². The van der Waals surface area contributed by atoms with Gasteiger partial charge in [-0.05, 0) is 36.8 Å². The van der Waals surface area contributed by atoms with Crippen molar-refractivity contribution < 1.29 is 14.3 Å². The smallest absolute Gasteiger partial charge is 0.232 e. The number of rotatable bonds is 9. The number of unbranched alkanes of at least 4 members (excludes halogenated alkanes) is 2. The van der Waals surface area contributed by atoms with E-state index in [1.807, 2.05) is 30.3 Å². The molecule has 2 aromatic heterocycles. The number of hydrogen-bond donors (Lipinski definition) is 2. The molecule has 0 spiro atoms. The molecule has 2 N–H and O–H groups in total. The summed E-state index contributed by atoms with van der Waals surface area (Å²) >= 11 is 0. The van der Waals surface area contributed by atoms with Crippen LogP contribution in [-0.2, 0) is 4.79 Å². The first-order valence-electron chi connectivity index (χ1n) is 9.98. The Morgan fingerprint density at radius 2 is 1.80 bits per heavy atom. The first-order chi connectivity index (χ1) is 14.5. The molecule has 3 aromatic rings. The Bertz CT molecular complexity index is 1040. The average Bonchev–Trinajstić information content (AvgIpc) is 2.75.